The lowest BCUT2D eigenvalue weighted by molar-refractivity contribution is 0.737. The standard InChI is InChI=1S/2C8H10.C4H10.C2H6.C2H4/c1-7-3-5-8(2)6-4-7;1-7-4-3-5-8(2)6-7;1-4(2)3;2*1-2/h2*3-6H,1-2H3;4H,1-3H3;1-2H3;1-2H2. The summed E-state index contributed by atoms with van der Waals surface area (Å²) in [6, 6.07) is 16.9. The minimum atomic E-state index is 0.833. The van der Waals surface area contributed by atoms with Gasteiger partial charge in [-0.1, -0.05) is 105 Å². The zero-order valence-electron chi connectivity index (χ0n) is 17.6. The van der Waals surface area contributed by atoms with Crippen molar-refractivity contribution in [1.82, 2.24) is 0 Å². The summed E-state index contributed by atoms with van der Waals surface area (Å²) in [5.41, 5.74) is 5.33. The molecule has 0 radical (unpaired) electrons. The van der Waals surface area contributed by atoms with Crippen LogP contribution in [0.5, 0.6) is 0 Å². The van der Waals surface area contributed by atoms with E-state index in [1.54, 1.807) is 0 Å². The predicted molar refractivity (Wildman–Crippen MR) is 115 cm³/mol. The summed E-state index contributed by atoms with van der Waals surface area (Å²) >= 11 is 0. The summed E-state index contributed by atoms with van der Waals surface area (Å²) in [6.45, 7) is 24.9. The molecule has 136 valence electrons. The normalized spacial score (nSPS) is 8.08. The van der Waals surface area contributed by atoms with Crippen LogP contribution in [0.4, 0.5) is 0 Å². The summed E-state index contributed by atoms with van der Waals surface area (Å²) in [4.78, 5) is 0. The largest absolute Gasteiger partial charge is 0.106 e. The summed E-state index contributed by atoms with van der Waals surface area (Å²) in [7, 11) is 0. The molecule has 0 heteroatoms. The Morgan fingerprint density at radius 3 is 1.00 bits per heavy atom. The Kier molecular flexibility index (Phi) is 21.7. The molecular weight excluding hydrogens is 288 g/mol. The zero-order valence-corrected chi connectivity index (χ0v) is 17.6. The molecule has 0 saturated heterocycles. The summed E-state index contributed by atoms with van der Waals surface area (Å²) in [5, 5.41) is 0. The molecule has 24 heavy (non-hydrogen) atoms. The Balaban J connectivity index is -0.000000261. The average molecular weight is 329 g/mol. The molecule has 0 aromatic heterocycles. The third-order valence-electron chi connectivity index (χ3n) is 2.39. The lowest BCUT2D eigenvalue weighted by atomic mass is 10.2. The number of rotatable bonds is 0. The van der Waals surface area contributed by atoms with E-state index in [0.29, 0.717) is 0 Å². The van der Waals surface area contributed by atoms with E-state index in [0.717, 1.165) is 5.92 Å². The molecule has 2 aromatic rings. The van der Waals surface area contributed by atoms with Gasteiger partial charge < -0.3 is 0 Å². The quantitative estimate of drug-likeness (QED) is 0.428. The van der Waals surface area contributed by atoms with Gasteiger partial charge in [0, 0.05) is 0 Å². The Morgan fingerprint density at radius 1 is 0.583 bits per heavy atom. The van der Waals surface area contributed by atoms with Crippen LogP contribution in [0.3, 0.4) is 0 Å². The molecule has 0 aliphatic carbocycles. The van der Waals surface area contributed by atoms with E-state index < -0.39 is 0 Å². The minimum absolute atomic E-state index is 0.833. The molecule has 0 spiro atoms. The SMILES string of the molecule is C=C.CC.CC(C)C.Cc1ccc(C)cc1.Cc1cccc(C)c1. The maximum absolute atomic E-state index is 3.00. The van der Waals surface area contributed by atoms with Gasteiger partial charge in [-0.3, -0.25) is 0 Å². The van der Waals surface area contributed by atoms with Gasteiger partial charge in [0.25, 0.3) is 0 Å². The maximum Gasteiger partial charge on any atom is -0.0398 e. The van der Waals surface area contributed by atoms with E-state index >= 15 is 0 Å². The molecular formula is C24H40. The van der Waals surface area contributed by atoms with E-state index in [1.807, 2.05) is 13.8 Å². The molecule has 0 atom stereocenters. The lowest BCUT2D eigenvalue weighted by Gasteiger charge is -1.90. The second-order valence-electron chi connectivity index (χ2n) is 6.04. The smallest absolute Gasteiger partial charge is 0.0398 e. The maximum atomic E-state index is 3.00. The number of aryl methyl sites for hydroxylation is 4. The van der Waals surface area contributed by atoms with Crippen molar-refractivity contribution >= 4 is 0 Å². The summed E-state index contributed by atoms with van der Waals surface area (Å²) in [6.07, 6.45) is 0. The number of hydrogen-bond donors (Lipinski definition) is 0. The van der Waals surface area contributed by atoms with Crippen molar-refractivity contribution in [2.45, 2.75) is 62.3 Å². The van der Waals surface area contributed by atoms with Crippen LogP contribution in [0.2, 0.25) is 0 Å². The highest BCUT2D eigenvalue weighted by molar-refractivity contribution is 5.20. The van der Waals surface area contributed by atoms with Crippen LogP contribution in [0.1, 0.15) is 56.9 Å². The van der Waals surface area contributed by atoms with E-state index in [-0.39, 0.29) is 0 Å². The number of hydrogen-bond acceptors (Lipinski definition) is 0. The first kappa shape index (κ1) is 27.0. The van der Waals surface area contributed by atoms with Gasteiger partial charge in [0.2, 0.25) is 0 Å². The first-order valence-electron chi connectivity index (χ1n) is 8.87. The minimum Gasteiger partial charge on any atom is -0.106 e. The lowest BCUT2D eigenvalue weighted by Crippen LogP contribution is -1.71. The molecule has 2 aromatic carbocycles. The molecule has 0 bridgehead atoms. The van der Waals surface area contributed by atoms with Crippen LogP contribution in [-0.4, -0.2) is 0 Å². The van der Waals surface area contributed by atoms with Gasteiger partial charge in [-0.2, -0.15) is 0 Å². The second-order valence-corrected chi connectivity index (χ2v) is 6.04. The highest BCUT2D eigenvalue weighted by Gasteiger charge is 1.81. The van der Waals surface area contributed by atoms with E-state index in [1.165, 1.54) is 22.3 Å². The molecule has 0 heterocycles. The third kappa shape index (κ3) is 22.5. The Bertz CT molecular complexity index is 437. The van der Waals surface area contributed by atoms with Crippen molar-refractivity contribution in [3.05, 3.63) is 83.9 Å². The summed E-state index contributed by atoms with van der Waals surface area (Å²) < 4.78 is 0. The molecule has 0 nitrogen and oxygen atoms in total. The highest BCUT2D eigenvalue weighted by atomic mass is 13.9. The van der Waals surface area contributed by atoms with Crippen molar-refractivity contribution in [3.8, 4) is 0 Å². The Morgan fingerprint density at radius 2 is 0.833 bits per heavy atom. The van der Waals surface area contributed by atoms with Crippen molar-refractivity contribution in [1.29, 1.82) is 0 Å². The van der Waals surface area contributed by atoms with Gasteiger partial charge >= 0.3 is 0 Å². The predicted octanol–water partition coefficient (Wildman–Crippen LogP) is 8.10. The second kappa shape index (κ2) is 19.2. The Labute approximate surface area is 152 Å². The van der Waals surface area contributed by atoms with Crippen LogP contribution in [0, 0.1) is 33.6 Å². The van der Waals surface area contributed by atoms with Crippen LogP contribution in [0.25, 0.3) is 0 Å². The van der Waals surface area contributed by atoms with E-state index in [2.05, 4.69) is 110 Å². The third-order valence-corrected chi connectivity index (χ3v) is 2.39. The molecule has 0 aliphatic rings. The molecule has 0 unspecified atom stereocenters. The zero-order chi connectivity index (χ0) is 19.5. The molecule has 0 aliphatic heterocycles. The first-order valence-corrected chi connectivity index (χ1v) is 8.87. The molecule has 2 rings (SSSR count). The molecule has 0 saturated carbocycles. The molecule has 0 N–H and O–H groups in total. The van der Waals surface area contributed by atoms with Gasteiger partial charge in [-0.05, 0) is 33.6 Å². The number of benzene rings is 2. The van der Waals surface area contributed by atoms with Crippen molar-refractivity contribution in [2.24, 2.45) is 5.92 Å². The van der Waals surface area contributed by atoms with Crippen molar-refractivity contribution in [2.75, 3.05) is 0 Å². The topological polar surface area (TPSA) is 0 Å². The van der Waals surface area contributed by atoms with Crippen LogP contribution in [-0.2, 0) is 0 Å². The summed E-state index contributed by atoms with van der Waals surface area (Å²) in [5.74, 6) is 0.833. The van der Waals surface area contributed by atoms with Crippen molar-refractivity contribution in [3.63, 3.8) is 0 Å². The van der Waals surface area contributed by atoms with E-state index in [4.69, 9.17) is 0 Å². The fraction of sp³-hybridized carbons (Fsp3) is 0.417. The van der Waals surface area contributed by atoms with Crippen LogP contribution < -0.4 is 0 Å². The van der Waals surface area contributed by atoms with Crippen LogP contribution in [0.15, 0.2) is 61.7 Å². The van der Waals surface area contributed by atoms with Gasteiger partial charge in [-0.25, -0.2) is 0 Å². The van der Waals surface area contributed by atoms with Crippen LogP contribution >= 0.6 is 0 Å². The highest BCUT2D eigenvalue weighted by Crippen LogP contribution is 2.00. The monoisotopic (exact) mass is 328 g/mol. The van der Waals surface area contributed by atoms with Gasteiger partial charge in [0.15, 0.2) is 0 Å². The van der Waals surface area contributed by atoms with E-state index in [9.17, 15) is 0 Å². The van der Waals surface area contributed by atoms with Gasteiger partial charge in [-0.15, -0.1) is 13.2 Å². The fourth-order valence-corrected chi connectivity index (χ4v) is 1.44. The van der Waals surface area contributed by atoms with Crippen molar-refractivity contribution < 1.29 is 0 Å². The molecule has 0 fully saturated rings. The van der Waals surface area contributed by atoms with Gasteiger partial charge in [0.05, 0.1) is 0 Å². The Hall–Kier alpha value is -1.82. The molecule has 0 amide bonds. The fourth-order valence-electron chi connectivity index (χ4n) is 1.44. The first-order chi connectivity index (χ1) is 11.3. The van der Waals surface area contributed by atoms with Gasteiger partial charge in [0.1, 0.15) is 0 Å². The average Bonchev–Trinajstić information content (AvgIpc) is 2.54.